The second-order valence-electron chi connectivity index (χ2n) is 6.99. The minimum Gasteiger partial charge on any atom is -0.497 e. The van der Waals surface area contributed by atoms with Gasteiger partial charge in [0.2, 0.25) is 5.91 Å². The van der Waals surface area contributed by atoms with Gasteiger partial charge in [-0.3, -0.25) is 9.59 Å². The molecule has 1 aromatic carbocycles. The summed E-state index contributed by atoms with van der Waals surface area (Å²) in [6, 6.07) is 5.02. The molecule has 0 bridgehead atoms. The van der Waals surface area contributed by atoms with E-state index in [0.717, 1.165) is 0 Å². The number of β-amino-alcohol motifs (C(OH)–C–C–N with tert-alkyl or cyclic N) is 1. The highest BCUT2D eigenvalue weighted by atomic mass is 19.1. The van der Waals surface area contributed by atoms with Gasteiger partial charge in [0.25, 0.3) is 5.91 Å². The Morgan fingerprint density at radius 3 is 2.11 bits per heavy atom. The van der Waals surface area contributed by atoms with Gasteiger partial charge in [0, 0.05) is 37.2 Å². The Bertz CT molecular complexity index is 673. The van der Waals surface area contributed by atoms with E-state index in [4.69, 9.17) is 9.47 Å². The first-order valence-electron chi connectivity index (χ1n) is 9.06. The largest absolute Gasteiger partial charge is 0.497 e. The zero-order valence-electron chi connectivity index (χ0n) is 15.6. The Morgan fingerprint density at radius 1 is 1.04 bits per heavy atom. The predicted molar refractivity (Wildman–Crippen MR) is 95.7 cm³/mol. The summed E-state index contributed by atoms with van der Waals surface area (Å²) in [5, 5.41) is 9.50. The fraction of sp³-hybridized carbons (Fsp3) is 0.579. The molecule has 27 heavy (non-hydrogen) atoms. The molecule has 2 heterocycles. The van der Waals surface area contributed by atoms with Crippen molar-refractivity contribution in [2.45, 2.75) is 25.1 Å². The van der Waals surface area contributed by atoms with Gasteiger partial charge in [0.15, 0.2) is 0 Å². The topological polar surface area (TPSA) is 79.3 Å². The van der Waals surface area contributed by atoms with Crippen LogP contribution < -0.4 is 9.47 Å². The van der Waals surface area contributed by atoms with Crippen molar-refractivity contribution in [3.05, 3.63) is 23.8 Å². The number of amides is 2. The number of likely N-dealkylation sites (tertiary alicyclic amines) is 2. The zero-order chi connectivity index (χ0) is 19.6. The molecular weight excluding hydrogens is 355 g/mol. The summed E-state index contributed by atoms with van der Waals surface area (Å²) in [4.78, 5) is 28.4. The van der Waals surface area contributed by atoms with Crippen molar-refractivity contribution in [3.63, 3.8) is 0 Å². The number of piperidine rings is 1. The molecule has 3 rings (SSSR count). The van der Waals surface area contributed by atoms with Crippen LogP contribution in [-0.4, -0.2) is 79.4 Å². The number of nitrogens with zero attached hydrogens (tertiary/aromatic N) is 2. The van der Waals surface area contributed by atoms with Crippen LogP contribution in [0.2, 0.25) is 0 Å². The lowest BCUT2D eigenvalue weighted by Crippen LogP contribution is -2.44. The van der Waals surface area contributed by atoms with Gasteiger partial charge in [-0.1, -0.05) is 0 Å². The average molecular weight is 380 g/mol. The molecule has 1 aromatic rings. The first-order chi connectivity index (χ1) is 12.9. The second kappa shape index (κ2) is 8.12. The summed E-state index contributed by atoms with van der Waals surface area (Å²) in [7, 11) is 3.05. The number of aliphatic hydroxyl groups is 1. The summed E-state index contributed by atoms with van der Waals surface area (Å²) >= 11 is 0. The van der Waals surface area contributed by atoms with Gasteiger partial charge in [-0.2, -0.15) is 0 Å². The maximum atomic E-state index is 13.5. The number of aliphatic hydroxyl groups excluding tert-OH is 1. The molecule has 7 nitrogen and oxygen atoms in total. The Labute approximate surface area is 157 Å². The lowest BCUT2D eigenvalue weighted by Gasteiger charge is -2.33. The highest BCUT2D eigenvalue weighted by Gasteiger charge is 2.38. The standard InChI is InChI=1S/C19H25FN2O5/c1-26-14-7-13(8-15(9-14)27-2)19(25)21-5-3-12(4-6-21)18(24)22-10-16(20)17(23)11-22/h7-9,12,16-17,23H,3-6,10-11H2,1-2H3/t16-,17-/m1/s1. The number of rotatable bonds is 4. The lowest BCUT2D eigenvalue weighted by molar-refractivity contribution is -0.136. The fourth-order valence-electron chi connectivity index (χ4n) is 3.63. The molecule has 148 valence electrons. The van der Waals surface area contributed by atoms with E-state index in [2.05, 4.69) is 0 Å². The second-order valence-corrected chi connectivity index (χ2v) is 6.99. The van der Waals surface area contributed by atoms with Crippen LogP contribution in [0.25, 0.3) is 0 Å². The van der Waals surface area contributed by atoms with Crippen molar-refractivity contribution in [2.24, 2.45) is 5.92 Å². The SMILES string of the molecule is COc1cc(OC)cc(C(=O)N2CCC(C(=O)N3C[C@@H](O)[C@H](F)C3)CC2)c1. The van der Waals surface area contributed by atoms with Crippen LogP contribution in [0.15, 0.2) is 18.2 Å². The van der Waals surface area contributed by atoms with E-state index >= 15 is 0 Å². The highest BCUT2D eigenvalue weighted by molar-refractivity contribution is 5.95. The molecule has 0 aromatic heterocycles. The van der Waals surface area contributed by atoms with Gasteiger partial charge in [-0.05, 0) is 25.0 Å². The normalized spacial score (nSPS) is 23.4. The molecule has 0 spiro atoms. The third-order valence-corrected chi connectivity index (χ3v) is 5.26. The number of halogens is 1. The van der Waals surface area contributed by atoms with E-state index in [9.17, 15) is 19.1 Å². The minimum atomic E-state index is -1.38. The maximum Gasteiger partial charge on any atom is 0.254 e. The van der Waals surface area contributed by atoms with Gasteiger partial charge < -0.3 is 24.4 Å². The number of methoxy groups -OCH3 is 2. The van der Waals surface area contributed by atoms with Crippen molar-refractivity contribution in [1.82, 2.24) is 9.80 Å². The quantitative estimate of drug-likeness (QED) is 0.846. The van der Waals surface area contributed by atoms with Crippen molar-refractivity contribution >= 4 is 11.8 Å². The number of alkyl halides is 1. The molecule has 2 aliphatic rings. The van der Waals surface area contributed by atoms with Gasteiger partial charge in [-0.25, -0.2) is 4.39 Å². The van der Waals surface area contributed by atoms with Gasteiger partial charge in [0.05, 0.1) is 20.8 Å². The van der Waals surface area contributed by atoms with Crippen LogP contribution in [0, 0.1) is 5.92 Å². The van der Waals surface area contributed by atoms with E-state index in [1.807, 2.05) is 0 Å². The zero-order valence-corrected chi connectivity index (χ0v) is 15.6. The highest BCUT2D eigenvalue weighted by Crippen LogP contribution is 2.27. The molecular formula is C19H25FN2O5. The number of carbonyl (C=O) groups is 2. The van der Waals surface area contributed by atoms with Crippen molar-refractivity contribution < 1.29 is 28.6 Å². The monoisotopic (exact) mass is 380 g/mol. The van der Waals surface area contributed by atoms with E-state index in [-0.39, 0.29) is 30.8 Å². The molecule has 2 saturated heterocycles. The maximum absolute atomic E-state index is 13.5. The first kappa shape index (κ1) is 19.4. The summed E-state index contributed by atoms with van der Waals surface area (Å²) in [6.07, 6.45) is -1.43. The Hall–Kier alpha value is -2.35. The molecule has 1 N–H and O–H groups in total. The third kappa shape index (κ3) is 4.16. The van der Waals surface area contributed by atoms with Crippen LogP contribution in [0.4, 0.5) is 4.39 Å². The Morgan fingerprint density at radius 2 is 1.63 bits per heavy atom. The Balaban J connectivity index is 1.60. The van der Waals surface area contributed by atoms with Crippen LogP contribution in [-0.2, 0) is 4.79 Å². The van der Waals surface area contributed by atoms with Crippen LogP contribution in [0.3, 0.4) is 0 Å². The molecule has 0 radical (unpaired) electrons. The van der Waals surface area contributed by atoms with Crippen molar-refractivity contribution in [1.29, 1.82) is 0 Å². The molecule has 0 unspecified atom stereocenters. The van der Waals surface area contributed by atoms with Crippen molar-refractivity contribution in [3.8, 4) is 11.5 Å². The summed E-state index contributed by atoms with van der Waals surface area (Å²) in [5.41, 5.74) is 0.471. The minimum absolute atomic E-state index is 0.0444. The van der Waals surface area contributed by atoms with Crippen LogP contribution >= 0.6 is 0 Å². The fourth-order valence-corrected chi connectivity index (χ4v) is 3.63. The number of hydrogen-bond acceptors (Lipinski definition) is 5. The van der Waals surface area contributed by atoms with Gasteiger partial charge in [0.1, 0.15) is 23.8 Å². The Kier molecular flexibility index (Phi) is 5.84. The first-order valence-corrected chi connectivity index (χ1v) is 9.06. The van der Waals surface area contributed by atoms with Crippen molar-refractivity contribution in [2.75, 3.05) is 40.4 Å². The predicted octanol–water partition coefficient (Wildman–Crippen LogP) is 1.10. The number of carbonyl (C=O) groups excluding carboxylic acids is 2. The summed E-state index contributed by atoms with van der Waals surface area (Å²) in [5.74, 6) is 0.557. The van der Waals surface area contributed by atoms with E-state index in [0.29, 0.717) is 43.0 Å². The number of ether oxygens (including phenoxy) is 2. The molecule has 0 aliphatic carbocycles. The molecule has 2 atom stereocenters. The molecule has 2 aliphatic heterocycles. The third-order valence-electron chi connectivity index (χ3n) is 5.26. The summed E-state index contributed by atoms with van der Waals surface area (Å²) in [6.45, 7) is 0.889. The van der Waals surface area contributed by atoms with Crippen LogP contribution in [0.5, 0.6) is 11.5 Å². The lowest BCUT2D eigenvalue weighted by atomic mass is 9.95. The summed E-state index contributed by atoms with van der Waals surface area (Å²) < 4.78 is 23.9. The molecule has 2 fully saturated rings. The van der Waals surface area contributed by atoms with Gasteiger partial charge >= 0.3 is 0 Å². The number of hydrogen-bond donors (Lipinski definition) is 1. The van der Waals surface area contributed by atoms with Gasteiger partial charge in [-0.15, -0.1) is 0 Å². The van der Waals surface area contributed by atoms with E-state index in [1.54, 1.807) is 23.1 Å². The molecule has 2 amide bonds. The molecule has 0 saturated carbocycles. The molecule has 8 heteroatoms. The van der Waals surface area contributed by atoms with E-state index < -0.39 is 12.3 Å². The van der Waals surface area contributed by atoms with E-state index in [1.165, 1.54) is 19.1 Å². The average Bonchev–Trinajstić information content (AvgIpc) is 3.05. The van der Waals surface area contributed by atoms with Crippen LogP contribution in [0.1, 0.15) is 23.2 Å². The smallest absolute Gasteiger partial charge is 0.254 e. The number of benzene rings is 1.